The molecule has 2 nitrogen and oxygen atoms in total. The van der Waals surface area contributed by atoms with E-state index in [-0.39, 0.29) is 11.6 Å². The maximum atomic E-state index is 12.6. The standard InChI is InChI=1S/C8H8FNOS/c9-6-2-1-5(4-11)7(3-6)8(10)12/h1-3,11H,4H2,(H2,10,12). The van der Waals surface area contributed by atoms with Crippen molar-refractivity contribution in [2.45, 2.75) is 6.61 Å². The highest BCUT2D eigenvalue weighted by Gasteiger charge is 2.04. The lowest BCUT2D eigenvalue weighted by Crippen LogP contribution is -2.12. The molecule has 12 heavy (non-hydrogen) atoms. The number of aliphatic hydroxyl groups is 1. The summed E-state index contributed by atoms with van der Waals surface area (Å²) in [6.07, 6.45) is 0. The van der Waals surface area contributed by atoms with Crippen LogP contribution in [0, 0.1) is 5.82 Å². The Kier molecular flexibility index (Phi) is 2.73. The predicted molar refractivity (Wildman–Crippen MR) is 48.2 cm³/mol. The van der Waals surface area contributed by atoms with E-state index >= 15 is 0 Å². The van der Waals surface area contributed by atoms with Gasteiger partial charge in [-0.3, -0.25) is 0 Å². The summed E-state index contributed by atoms with van der Waals surface area (Å²) < 4.78 is 12.6. The molecule has 0 heterocycles. The summed E-state index contributed by atoms with van der Waals surface area (Å²) in [4.78, 5) is 0.0959. The second kappa shape index (κ2) is 3.60. The molecule has 0 aliphatic rings. The van der Waals surface area contributed by atoms with Crippen LogP contribution >= 0.6 is 12.2 Å². The molecule has 1 rings (SSSR count). The van der Waals surface area contributed by atoms with Gasteiger partial charge >= 0.3 is 0 Å². The van der Waals surface area contributed by atoms with E-state index in [0.717, 1.165) is 0 Å². The SMILES string of the molecule is NC(=S)c1cc(F)ccc1CO. The van der Waals surface area contributed by atoms with Gasteiger partial charge in [-0.05, 0) is 17.7 Å². The number of hydrogen-bond donors (Lipinski definition) is 2. The Bertz CT molecular complexity index is 314. The van der Waals surface area contributed by atoms with Gasteiger partial charge in [0.05, 0.1) is 6.61 Å². The molecule has 0 aromatic heterocycles. The fourth-order valence-corrected chi connectivity index (χ4v) is 1.11. The Morgan fingerprint density at radius 1 is 1.58 bits per heavy atom. The number of nitrogens with two attached hydrogens (primary N) is 1. The van der Waals surface area contributed by atoms with Crippen molar-refractivity contribution in [2.24, 2.45) is 5.73 Å². The van der Waals surface area contributed by atoms with Gasteiger partial charge in [-0.1, -0.05) is 18.3 Å². The molecule has 1 aromatic rings. The molecular formula is C8H8FNOS. The van der Waals surface area contributed by atoms with Crippen molar-refractivity contribution in [3.8, 4) is 0 Å². The first kappa shape index (κ1) is 9.09. The topological polar surface area (TPSA) is 46.2 Å². The van der Waals surface area contributed by atoms with Gasteiger partial charge in [0, 0.05) is 5.56 Å². The first-order valence-electron chi connectivity index (χ1n) is 3.34. The summed E-state index contributed by atoms with van der Waals surface area (Å²) in [7, 11) is 0. The minimum atomic E-state index is -0.407. The van der Waals surface area contributed by atoms with Gasteiger partial charge in [0.2, 0.25) is 0 Å². The average molecular weight is 185 g/mol. The molecule has 0 saturated heterocycles. The van der Waals surface area contributed by atoms with Crippen LogP contribution in [-0.2, 0) is 6.61 Å². The summed E-state index contributed by atoms with van der Waals surface area (Å²) in [6.45, 7) is -0.188. The third-order valence-corrected chi connectivity index (χ3v) is 1.73. The van der Waals surface area contributed by atoms with E-state index in [1.807, 2.05) is 0 Å². The van der Waals surface area contributed by atoms with Gasteiger partial charge in [0.1, 0.15) is 10.8 Å². The normalized spacial score (nSPS) is 9.83. The van der Waals surface area contributed by atoms with Crippen molar-refractivity contribution in [1.82, 2.24) is 0 Å². The highest BCUT2D eigenvalue weighted by atomic mass is 32.1. The van der Waals surface area contributed by atoms with Gasteiger partial charge in [-0.15, -0.1) is 0 Å². The molecule has 0 unspecified atom stereocenters. The monoisotopic (exact) mass is 185 g/mol. The first-order valence-corrected chi connectivity index (χ1v) is 3.75. The van der Waals surface area contributed by atoms with E-state index in [1.165, 1.54) is 18.2 Å². The molecule has 0 amide bonds. The summed E-state index contributed by atoms with van der Waals surface area (Å²) in [5.41, 5.74) is 6.25. The van der Waals surface area contributed by atoms with Crippen LogP contribution in [0.5, 0.6) is 0 Å². The molecule has 0 bridgehead atoms. The highest BCUT2D eigenvalue weighted by molar-refractivity contribution is 7.80. The smallest absolute Gasteiger partial charge is 0.123 e. The molecule has 0 saturated carbocycles. The molecule has 0 spiro atoms. The maximum absolute atomic E-state index is 12.6. The molecule has 0 radical (unpaired) electrons. The van der Waals surface area contributed by atoms with E-state index in [2.05, 4.69) is 12.2 Å². The van der Waals surface area contributed by atoms with E-state index in [1.54, 1.807) is 0 Å². The minimum absolute atomic E-state index is 0.0959. The predicted octanol–water partition coefficient (Wildman–Crippen LogP) is 0.952. The third-order valence-electron chi connectivity index (χ3n) is 1.51. The zero-order valence-electron chi connectivity index (χ0n) is 6.25. The Hall–Kier alpha value is -1.00. The van der Waals surface area contributed by atoms with Gasteiger partial charge in [-0.25, -0.2) is 4.39 Å². The van der Waals surface area contributed by atoms with Crippen molar-refractivity contribution < 1.29 is 9.50 Å². The van der Waals surface area contributed by atoms with Gasteiger partial charge in [0.25, 0.3) is 0 Å². The maximum Gasteiger partial charge on any atom is 0.123 e. The quantitative estimate of drug-likeness (QED) is 0.674. The van der Waals surface area contributed by atoms with Gasteiger partial charge < -0.3 is 10.8 Å². The molecule has 4 heteroatoms. The van der Waals surface area contributed by atoms with Crippen molar-refractivity contribution in [1.29, 1.82) is 0 Å². The van der Waals surface area contributed by atoms with Crippen molar-refractivity contribution in [2.75, 3.05) is 0 Å². The fourth-order valence-electron chi connectivity index (χ4n) is 0.916. The number of rotatable bonds is 2. The summed E-state index contributed by atoms with van der Waals surface area (Å²) in [6, 6.07) is 3.94. The number of thiocarbonyl (C=S) groups is 1. The summed E-state index contributed by atoms with van der Waals surface area (Å²) >= 11 is 4.68. The lowest BCUT2D eigenvalue weighted by Gasteiger charge is -2.04. The Morgan fingerprint density at radius 3 is 2.75 bits per heavy atom. The van der Waals surface area contributed by atoms with E-state index in [9.17, 15) is 4.39 Å². The minimum Gasteiger partial charge on any atom is -0.392 e. The zero-order chi connectivity index (χ0) is 9.14. The van der Waals surface area contributed by atoms with Gasteiger partial charge in [0.15, 0.2) is 0 Å². The average Bonchev–Trinajstić information content (AvgIpc) is 2.04. The number of aliphatic hydroxyl groups excluding tert-OH is 1. The number of benzene rings is 1. The van der Waals surface area contributed by atoms with Gasteiger partial charge in [-0.2, -0.15) is 0 Å². The Balaban J connectivity index is 3.21. The lowest BCUT2D eigenvalue weighted by atomic mass is 10.1. The largest absolute Gasteiger partial charge is 0.392 e. The molecular weight excluding hydrogens is 177 g/mol. The molecule has 64 valence electrons. The molecule has 0 atom stereocenters. The molecule has 0 fully saturated rings. The van der Waals surface area contributed by atoms with Crippen LogP contribution in [0.4, 0.5) is 4.39 Å². The zero-order valence-corrected chi connectivity index (χ0v) is 7.07. The van der Waals surface area contributed by atoms with E-state index in [0.29, 0.717) is 11.1 Å². The van der Waals surface area contributed by atoms with Crippen LogP contribution in [-0.4, -0.2) is 10.1 Å². The second-order valence-corrected chi connectivity index (χ2v) is 2.76. The van der Waals surface area contributed by atoms with Crippen molar-refractivity contribution in [3.63, 3.8) is 0 Å². The first-order chi connectivity index (χ1) is 5.65. The van der Waals surface area contributed by atoms with E-state index in [4.69, 9.17) is 10.8 Å². The van der Waals surface area contributed by atoms with E-state index < -0.39 is 5.82 Å². The van der Waals surface area contributed by atoms with Crippen LogP contribution < -0.4 is 5.73 Å². The van der Waals surface area contributed by atoms with Crippen molar-refractivity contribution in [3.05, 3.63) is 35.1 Å². The third kappa shape index (κ3) is 1.78. The number of halogens is 1. The summed E-state index contributed by atoms with van der Waals surface area (Å²) in [5, 5.41) is 8.82. The second-order valence-electron chi connectivity index (χ2n) is 2.32. The molecule has 3 N–H and O–H groups in total. The molecule has 0 aliphatic heterocycles. The lowest BCUT2D eigenvalue weighted by molar-refractivity contribution is 0.281. The number of hydrogen-bond acceptors (Lipinski definition) is 2. The fraction of sp³-hybridized carbons (Fsp3) is 0.125. The van der Waals surface area contributed by atoms with Crippen molar-refractivity contribution >= 4 is 17.2 Å². The highest BCUT2D eigenvalue weighted by Crippen LogP contribution is 2.10. The summed E-state index contributed by atoms with van der Waals surface area (Å²) in [5.74, 6) is -0.407. The Morgan fingerprint density at radius 2 is 2.25 bits per heavy atom. The van der Waals surface area contributed by atoms with Crippen LogP contribution in [0.15, 0.2) is 18.2 Å². The molecule has 1 aromatic carbocycles. The van der Waals surface area contributed by atoms with Crippen LogP contribution in [0.2, 0.25) is 0 Å². The van der Waals surface area contributed by atoms with Crippen LogP contribution in [0.25, 0.3) is 0 Å². The Labute approximate surface area is 74.8 Å². The van der Waals surface area contributed by atoms with Crippen LogP contribution in [0.3, 0.4) is 0 Å². The van der Waals surface area contributed by atoms with Crippen LogP contribution in [0.1, 0.15) is 11.1 Å². The molecule has 0 aliphatic carbocycles.